The van der Waals surface area contributed by atoms with Crippen molar-refractivity contribution in [1.82, 2.24) is 4.98 Å². The summed E-state index contributed by atoms with van der Waals surface area (Å²) in [5.41, 5.74) is -0.528. The minimum absolute atomic E-state index is 0.109. The third-order valence-corrected chi connectivity index (χ3v) is 4.01. The SMILES string of the molecule is CC(C)(C)C1CCN(c2c(F)c(F)nc(F)c2F)CC1. The monoisotopic (exact) mass is 290 g/mol. The number of hydrogen-bond acceptors (Lipinski definition) is 2. The molecule has 20 heavy (non-hydrogen) atoms. The molecule has 1 saturated heterocycles. The van der Waals surface area contributed by atoms with Crippen molar-refractivity contribution in [2.75, 3.05) is 18.0 Å². The maximum Gasteiger partial charge on any atom is 0.253 e. The Hall–Kier alpha value is -1.33. The first-order valence-electron chi connectivity index (χ1n) is 6.66. The van der Waals surface area contributed by atoms with Crippen molar-refractivity contribution >= 4 is 5.69 Å². The molecule has 112 valence electrons. The topological polar surface area (TPSA) is 16.1 Å². The van der Waals surface area contributed by atoms with E-state index in [4.69, 9.17) is 0 Å². The standard InChI is InChI=1S/C14H18F4N2/c1-14(2,3)8-4-6-20(7-5-8)11-9(15)12(17)19-13(18)10(11)16/h8H,4-7H2,1-3H3. The third-order valence-electron chi connectivity index (χ3n) is 4.01. The van der Waals surface area contributed by atoms with Crippen LogP contribution in [0, 0.1) is 34.9 Å². The highest BCUT2D eigenvalue weighted by Gasteiger charge is 2.32. The number of rotatable bonds is 1. The van der Waals surface area contributed by atoms with Gasteiger partial charge in [0.05, 0.1) is 0 Å². The number of piperidine rings is 1. The van der Waals surface area contributed by atoms with Crippen molar-refractivity contribution in [1.29, 1.82) is 0 Å². The molecular weight excluding hydrogens is 272 g/mol. The highest BCUT2D eigenvalue weighted by molar-refractivity contribution is 5.48. The van der Waals surface area contributed by atoms with Crippen LogP contribution in [0.5, 0.6) is 0 Å². The molecule has 0 saturated carbocycles. The van der Waals surface area contributed by atoms with Crippen molar-refractivity contribution in [2.24, 2.45) is 11.3 Å². The fourth-order valence-corrected chi connectivity index (χ4v) is 2.72. The van der Waals surface area contributed by atoms with Gasteiger partial charge in [-0.1, -0.05) is 20.8 Å². The second kappa shape index (κ2) is 5.22. The van der Waals surface area contributed by atoms with Gasteiger partial charge in [0.15, 0.2) is 0 Å². The molecule has 0 amide bonds. The molecule has 0 radical (unpaired) electrons. The van der Waals surface area contributed by atoms with Crippen LogP contribution >= 0.6 is 0 Å². The molecule has 0 bridgehead atoms. The average molecular weight is 290 g/mol. The van der Waals surface area contributed by atoms with E-state index < -0.39 is 29.2 Å². The molecule has 1 aromatic rings. The van der Waals surface area contributed by atoms with Crippen LogP contribution in [0.1, 0.15) is 33.6 Å². The Balaban J connectivity index is 2.24. The average Bonchev–Trinajstić information content (AvgIpc) is 2.36. The van der Waals surface area contributed by atoms with Crippen molar-refractivity contribution in [2.45, 2.75) is 33.6 Å². The van der Waals surface area contributed by atoms with Gasteiger partial charge < -0.3 is 4.90 Å². The maximum absolute atomic E-state index is 13.7. The molecule has 2 nitrogen and oxygen atoms in total. The molecule has 2 rings (SSSR count). The van der Waals surface area contributed by atoms with E-state index in [1.165, 1.54) is 4.90 Å². The Morgan fingerprint density at radius 3 is 1.80 bits per heavy atom. The quantitative estimate of drug-likeness (QED) is 0.576. The van der Waals surface area contributed by atoms with Crippen molar-refractivity contribution in [3.05, 3.63) is 23.5 Å². The first-order valence-corrected chi connectivity index (χ1v) is 6.66. The summed E-state index contributed by atoms with van der Waals surface area (Å²) in [6.07, 6.45) is 1.46. The van der Waals surface area contributed by atoms with E-state index in [-0.39, 0.29) is 5.41 Å². The molecule has 1 aromatic heterocycles. The molecule has 0 atom stereocenters. The lowest BCUT2D eigenvalue weighted by Crippen LogP contribution is -2.39. The van der Waals surface area contributed by atoms with E-state index in [0.29, 0.717) is 19.0 Å². The van der Waals surface area contributed by atoms with Crippen LogP contribution in [0.4, 0.5) is 23.2 Å². The lowest BCUT2D eigenvalue weighted by atomic mass is 9.75. The van der Waals surface area contributed by atoms with Crippen LogP contribution in [-0.2, 0) is 0 Å². The number of hydrogen-bond donors (Lipinski definition) is 0. The van der Waals surface area contributed by atoms with Crippen molar-refractivity contribution < 1.29 is 17.6 Å². The highest BCUT2D eigenvalue weighted by atomic mass is 19.2. The fourth-order valence-electron chi connectivity index (χ4n) is 2.72. The molecule has 1 fully saturated rings. The molecule has 0 N–H and O–H groups in total. The Morgan fingerprint density at radius 2 is 1.40 bits per heavy atom. The summed E-state index contributed by atoms with van der Waals surface area (Å²) in [5.74, 6) is -5.62. The van der Waals surface area contributed by atoms with Gasteiger partial charge in [-0.15, -0.1) is 0 Å². The van der Waals surface area contributed by atoms with Crippen LogP contribution < -0.4 is 4.90 Å². The zero-order chi connectivity index (χ0) is 15.1. The lowest BCUT2D eigenvalue weighted by Gasteiger charge is -2.39. The predicted octanol–water partition coefficient (Wildman–Crippen LogP) is 3.90. The maximum atomic E-state index is 13.7. The zero-order valence-corrected chi connectivity index (χ0v) is 11.8. The zero-order valence-electron chi connectivity index (χ0n) is 11.8. The summed E-state index contributed by atoms with van der Waals surface area (Å²) in [4.78, 5) is 3.93. The van der Waals surface area contributed by atoms with Gasteiger partial charge in [-0.3, -0.25) is 0 Å². The number of pyridine rings is 1. The van der Waals surface area contributed by atoms with Gasteiger partial charge >= 0.3 is 0 Å². The van der Waals surface area contributed by atoms with E-state index in [9.17, 15) is 17.6 Å². The molecule has 1 aliphatic heterocycles. The Bertz CT molecular complexity index is 477. The van der Waals surface area contributed by atoms with Gasteiger partial charge in [0.25, 0.3) is 11.9 Å². The minimum Gasteiger partial charge on any atom is -0.366 e. The normalized spacial score (nSPS) is 17.6. The molecule has 2 heterocycles. The fraction of sp³-hybridized carbons (Fsp3) is 0.643. The summed E-state index contributed by atoms with van der Waals surface area (Å²) in [5, 5.41) is 0. The second-order valence-electron chi connectivity index (χ2n) is 6.30. The Labute approximate surface area is 115 Å². The highest BCUT2D eigenvalue weighted by Crippen LogP contribution is 2.37. The summed E-state index contributed by atoms with van der Waals surface area (Å²) in [6.45, 7) is 7.08. The third kappa shape index (κ3) is 2.74. The van der Waals surface area contributed by atoms with Gasteiger partial charge in [-0.05, 0) is 24.2 Å². The van der Waals surface area contributed by atoms with E-state index >= 15 is 0 Å². The van der Waals surface area contributed by atoms with Crippen molar-refractivity contribution in [3.63, 3.8) is 0 Å². The van der Waals surface area contributed by atoms with Crippen LogP contribution in [0.15, 0.2) is 0 Å². The van der Waals surface area contributed by atoms with Crippen LogP contribution in [0.25, 0.3) is 0 Å². The number of halogens is 4. The molecule has 6 heteroatoms. The van der Waals surface area contributed by atoms with Gasteiger partial charge in [0.2, 0.25) is 11.6 Å². The predicted molar refractivity (Wildman–Crippen MR) is 68.5 cm³/mol. The van der Waals surface area contributed by atoms with Crippen molar-refractivity contribution in [3.8, 4) is 0 Å². The first-order chi connectivity index (χ1) is 9.21. The lowest BCUT2D eigenvalue weighted by molar-refractivity contribution is 0.198. The summed E-state index contributed by atoms with van der Waals surface area (Å²) < 4.78 is 53.6. The molecule has 0 unspecified atom stereocenters. The van der Waals surface area contributed by atoms with Crippen LogP contribution in [0.3, 0.4) is 0 Å². The minimum atomic E-state index is -1.60. The van der Waals surface area contributed by atoms with Crippen LogP contribution in [-0.4, -0.2) is 18.1 Å². The van der Waals surface area contributed by atoms with E-state index in [0.717, 1.165) is 12.8 Å². The van der Waals surface area contributed by atoms with Gasteiger partial charge in [-0.25, -0.2) is 0 Å². The van der Waals surface area contributed by atoms with Crippen LogP contribution in [0.2, 0.25) is 0 Å². The summed E-state index contributed by atoms with van der Waals surface area (Å²) >= 11 is 0. The van der Waals surface area contributed by atoms with Gasteiger partial charge in [0, 0.05) is 13.1 Å². The number of aromatic nitrogens is 1. The van der Waals surface area contributed by atoms with E-state index in [2.05, 4.69) is 25.8 Å². The molecule has 0 spiro atoms. The molecular formula is C14H18F4N2. The molecule has 0 aliphatic carbocycles. The second-order valence-corrected chi connectivity index (χ2v) is 6.30. The van der Waals surface area contributed by atoms with Gasteiger partial charge in [0.1, 0.15) is 5.69 Å². The number of nitrogens with zero attached hydrogens (tertiary/aromatic N) is 2. The summed E-state index contributed by atoms with van der Waals surface area (Å²) in [7, 11) is 0. The Morgan fingerprint density at radius 1 is 0.950 bits per heavy atom. The summed E-state index contributed by atoms with van der Waals surface area (Å²) in [6, 6.07) is 0. The largest absolute Gasteiger partial charge is 0.366 e. The first kappa shape index (κ1) is 15.1. The molecule has 1 aliphatic rings. The van der Waals surface area contributed by atoms with E-state index in [1.54, 1.807) is 0 Å². The Kier molecular flexibility index (Phi) is 3.93. The molecule has 0 aromatic carbocycles. The number of anilines is 1. The van der Waals surface area contributed by atoms with E-state index in [1.807, 2.05) is 0 Å². The smallest absolute Gasteiger partial charge is 0.253 e. The van der Waals surface area contributed by atoms with Gasteiger partial charge in [-0.2, -0.15) is 22.5 Å².